The van der Waals surface area contributed by atoms with Gasteiger partial charge in [0.15, 0.2) is 0 Å². The molecule has 1 saturated carbocycles. The summed E-state index contributed by atoms with van der Waals surface area (Å²) in [6.45, 7) is 6.38. The number of hydrogen-bond acceptors (Lipinski definition) is 4. The second-order valence-electron chi connectivity index (χ2n) is 8.03. The molecule has 27 heavy (non-hydrogen) atoms. The number of anilines is 1. The van der Waals surface area contributed by atoms with Crippen molar-refractivity contribution in [3.8, 4) is 11.1 Å². The van der Waals surface area contributed by atoms with Crippen LogP contribution in [0, 0.1) is 5.92 Å². The topological polar surface area (TPSA) is 46.0 Å². The molecule has 2 aliphatic rings. The lowest BCUT2D eigenvalue weighted by molar-refractivity contribution is 0.232. The van der Waals surface area contributed by atoms with Gasteiger partial charge < -0.3 is 5.32 Å². The summed E-state index contributed by atoms with van der Waals surface area (Å²) in [6.07, 6.45) is 9.99. The highest BCUT2D eigenvalue weighted by Gasteiger charge is 2.37. The molecule has 1 N–H and O–H groups in total. The number of hydrogen-bond donors (Lipinski definition) is 1. The SMILES string of the molecule is C=C(CN1CC2CCC1C2)Nc1cc2cc(-c3cnn(C)c3)ccc2cn1. The van der Waals surface area contributed by atoms with Crippen LogP contribution in [-0.2, 0) is 7.05 Å². The summed E-state index contributed by atoms with van der Waals surface area (Å²) in [5.41, 5.74) is 3.32. The van der Waals surface area contributed by atoms with Gasteiger partial charge in [0.05, 0.1) is 6.20 Å². The van der Waals surface area contributed by atoms with Gasteiger partial charge in [0.25, 0.3) is 0 Å². The third-order valence-corrected chi connectivity index (χ3v) is 5.98. The van der Waals surface area contributed by atoms with Crippen molar-refractivity contribution < 1.29 is 0 Å². The average molecular weight is 359 g/mol. The van der Waals surface area contributed by atoms with E-state index in [1.165, 1.54) is 36.8 Å². The summed E-state index contributed by atoms with van der Waals surface area (Å²) in [7, 11) is 1.94. The normalized spacial score (nSPS) is 21.8. The van der Waals surface area contributed by atoms with Gasteiger partial charge in [-0.3, -0.25) is 9.58 Å². The van der Waals surface area contributed by atoms with Crippen LogP contribution in [0.2, 0.25) is 0 Å². The lowest BCUT2D eigenvalue weighted by Crippen LogP contribution is -2.34. The molecule has 5 nitrogen and oxygen atoms in total. The van der Waals surface area contributed by atoms with E-state index in [1.807, 2.05) is 30.3 Å². The standard InChI is InChI=1S/C22H25N5/c1-15(12-27-13-16-3-6-21(27)7-16)25-22-9-19-8-17(4-5-18(19)10-23-22)20-11-24-26(2)14-20/h4-5,8-11,14,16,21H,1,3,6-7,12-13H2,2H3,(H,23,25). The van der Waals surface area contributed by atoms with Crippen LogP contribution in [0.15, 0.2) is 55.1 Å². The lowest BCUT2D eigenvalue weighted by Gasteiger charge is -2.27. The van der Waals surface area contributed by atoms with Crippen LogP contribution < -0.4 is 5.32 Å². The van der Waals surface area contributed by atoms with Gasteiger partial charge in [-0.25, -0.2) is 4.98 Å². The van der Waals surface area contributed by atoms with Gasteiger partial charge in [-0.1, -0.05) is 18.7 Å². The average Bonchev–Trinajstić information content (AvgIpc) is 3.38. The van der Waals surface area contributed by atoms with Crippen LogP contribution in [0.3, 0.4) is 0 Å². The number of rotatable bonds is 5. The second kappa shape index (κ2) is 6.50. The van der Waals surface area contributed by atoms with Crippen LogP contribution >= 0.6 is 0 Å². The van der Waals surface area contributed by atoms with E-state index in [4.69, 9.17) is 0 Å². The Labute approximate surface area is 159 Å². The van der Waals surface area contributed by atoms with Gasteiger partial charge in [0.2, 0.25) is 0 Å². The molecule has 0 radical (unpaired) electrons. The van der Waals surface area contributed by atoms with E-state index in [0.717, 1.165) is 41.0 Å². The predicted octanol–water partition coefficient (Wildman–Crippen LogP) is 4.05. The lowest BCUT2D eigenvalue weighted by atomic mass is 10.1. The Morgan fingerprint density at radius 1 is 1.19 bits per heavy atom. The van der Waals surface area contributed by atoms with Crippen LogP contribution in [0.5, 0.6) is 0 Å². The number of piperidine rings is 1. The minimum absolute atomic E-state index is 0.764. The number of benzene rings is 1. The molecule has 0 amide bonds. The third-order valence-electron chi connectivity index (χ3n) is 5.98. The Balaban J connectivity index is 1.33. The first-order chi connectivity index (χ1) is 13.1. The van der Waals surface area contributed by atoms with Crippen molar-refractivity contribution in [3.05, 3.63) is 55.1 Å². The van der Waals surface area contributed by atoms with Gasteiger partial charge in [-0.2, -0.15) is 5.10 Å². The summed E-state index contributed by atoms with van der Waals surface area (Å²) in [4.78, 5) is 7.14. The first kappa shape index (κ1) is 16.5. The van der Waals surface area contributed by atoms with E-state index in [2.05, 4.69) is 51.1 Å². The van der Waals surface area contributed by atoms with E-state index in [1.54, 1.807) is 0 Å². The van der Waals surface area contributed by atoms with E-state index < -0.39 is 0 Å². The van der Waals surface area contributed by atoms with Crippen molar-refractivity contribution in [2.75, 3.05) is 18.4 Å². The molecular weight excluding hydrogens is 334 g/mol. The summed E-state index contributed by atoms with van der Waals surface area (Å²) < 4.78 is 1.83. The molecule has 5 rings (SSSR count). The minimum Gasteiger partial charge on any atom is -0.343 e. The molecule has 2 bridgehead atoms. The molecule has 0 spiro atoms. The Hall–Kier alpha value is -2.66. The zero-order valence-electron chi connectivity index (χ0n) is 15.7. The van der Waals surface area contributed by atoms with Crippen LogP contribution in [0.4, 0.5) is 5.82 Å². The van der Waals surface area contributed by atoms with E-state index in [9.17, 15) is 0 Å². The Morgan fingerprint density at radius 2 is 2.11 bits per heavy atom. The molecule has 1 aliphatic carbocycles. The molecule has 2 fully saturated rings. The first-order valence-corrected chi connectivity index (χ1v) is 9.72. The van der Waals surface area contributed by atoms with Crippen molar-refractivity contribution in [1.82, 2.24) is 19.7 Å². The Kier molecular flexibility index (Phi) is 3.97. The van der Waals surface area contributed by atoms with Crippen molar-refractivity contribution in [2.45, 2.75) is 25.3 Å². The molecule has 1 saturated heterocycles. The zero-order valence-corrected chi connectivity index (χ0v) is 15.7. The number of fused-ring (bicyclic) bond motifs is 3. The van der Waals surface area contributed by atoms with Crippen LogP contribution in [0.25, 0.3) is 21.9 Å². The van der Waals surface area contributed by atoms with Gasteiger partial charge in [-0.05, 0) is 48.3 Å². The zero-order chi connectivity index (χ0) is 18.4. The quantitative estimate of drug-likeness (QED) is 0.747. The number of pyridine rings is 1. The van der Waals surface area contributed by atoms with E-state index in [-0.39, 0.29) is 0 Å². The molecule has 3 aromatic rings. The summed E-state index contributed by atoms with van der Waals surface area (Å²) in [5, 5.41) is 9.99. The summed E-state index contributed by atoms with van der Waals surface area (Å²) in [5.74, 6) is 1.77. The number of nitrogens with one attached hydrogen (secondary N) is 1. The van der Waals surface area contributed by atoms with Gasteiger partial charge in [0.1, 0.15) is 5.82 Å². The molecule has 2 aromatic heterocycles. The Bertz CT molecular complexity index is 1000. The molecule has 138 valence electrons. The van der Waals surface area contributed by atoms with Crippen LogP contribution in [-0.4, -0.2) is 38.8 Å². The van der Waals surface area contributed by atoms with Crippen LogP contribution in [0.1, 0.15) is 19.3 Å². The summed E-state index contributed by atoms with van der Waals surface area (Å²) in [6, 6.07) is 9.30. The van der Waals surface area contributed by atoms with Gasteiger partial charge in [-0.15, -0.1) is 0 Å². The molecule has 1 aliphatic heterocycles. The fourth-order valence-electron chi connectivity index (χ4n) is 4.65. The summed E-state index contributed by atoms with van der Waals surface area (Å²) >= 11 is 0. The highest BCUT2D eigenvalue weighted by molar-refractivity contribution is 5.88. The third kappa shape index (κ3) is 3.23. The van der Waals surface area contributed by atoms with E-state index >= 15 is 0 Å². The molecule has 1 aromatic carbocycles. The highest BCUT2D eigenvalue weighted by Crippen LogP contribution is 2.37. The minimum atomic E-state index is 0.764. The second-order valence-corrected chi connectivity index (χ2v) is 8.03. The highest BCUT2D eigenvalue weighted by atomic mass is 15.2. The smallest absolute Gasteiger partial charge is 0.130 e. The molecular formula is C22H25N5. The van der Waals surface area contributed by atoms with Crippen molar-refractivity contribution >= 4 is 16.6 Å². The monoisotopic (exact) mass is 359 g/mol. The molecule has 5 heteroatoms. The fraction of sp³-hybridized carbons (Fsp3) is 0.364. The maximum absolute atomic E-state index is 4.57. The maximum atomic E-state index is 4.57. The predicted molar refractivity (Wildman–Crippen MR) is 109 cm³/mol. The largest absolute Gasteiger partial charge is 0.343 e. The van der Waals surface area contributed by atoms with Gasteiger partial charge in [0, 0.05) is 55.2 Å². The first-order valence-electron chi connectivity index (χ1n) is 9.72. The van der Waals surface area contributed by atoms with E-state index in [0.29, 0.717) is 0 Å². The molecule has 2 unspecified atom stereocenters. The molecule has 3 heterocycles. The molecule has 2 atom stereocenters. The number of aromatic nitrogens is 3. The van der Waals surface area contributed by atoms with Crippen molar-refractivity contribution in [3.63, 3.8) is 0 Å². The van der Waals surface area contributed by atoms with Gasteiger partial charge >= 0.3 is 0 Å². The Morgan fingerprint density at radius 3 is 2.85 bits per heavy atom. The number of aryl methyl sites for hydroxylation is 1. The number of nitrogens with zero attached hydrogens (tertiary/aromatic N) is 4. The maximum Gasteiger partial charge on any atom is 0.130 e. The number of likely N-dealkylation sites (tertiary alicyclic amines) is 1. The van der Waals surface area contributed by atoms with Crippen molar-refractivity contribution in [1.29, 1.82) is 0 Å². The van der Waals surface area contributed by atoms with Crippen molar-refractivity contribution in [2.24, 2.45) is 13.0 Å². The fourth-order valence-corrected chi connectivity index (χ4v) is 4.65.